The Bertz CT molecular complexity index is 695. The van der Waals surface area contributed by atoms with E-state index in [1.807, 2.05) is 0 Å². The van der Waals surface area contributed by atoms with Gasteiger partial charge in [0.15, 0.2) is 12.2 Å². The van der Waals surface area contributed by atoms with Gasteiger partial charge in [-0.05, 0) is 0 Å². The maximum absolute atomic E-state index is 12.8. The number of hydrogen-bond acceptors (Lipinski definition) is 10. The molecule has 11 nitrogen and oxygen atoms in total. The lowest BCUT2D eigenvalue weighted by Gasteiger charge is -2.44. The molecular formula is C16H20F3NO10. The summed E-state index contributed by atoms with van der Waals surface area (Å²) in [7, 11) is 0. The molecule has 14 heteroatoms. The SMILES string of the molecule is CC(=O)OCC1O[C@@H](OC(C)=O)[C@@H](NC(=O)C(F)(F)F)C(OC(C)=O)[C@H]1OC(C)=O. The molecule has 1 heterocycles. The predicted molar refractivity (Wildman–Crippen MR) is 86.2 cm³/mol. The van der Waals surface area contributed by atoms with Crippen LogP contribution in [0.25, 0.3) is 0 Å². The highest BCUT2D eigenvalue weighted by Gasteiger charge is 2.54. The van der Waals surface area contributed by atoms with Gasteiger partial charge in [0.05, 0.1) is 0 Å². The van der Waals surface area contributed by atoms with E-state index in [0.29, 0.717) is 0 Å². The largest absolute Gasteiger partial charge is 0.471 e. The van der Waals surface area contributed by atoms with Crippen molar-refractivity contribution in [2.24, 2.45) is 0 Å². The highest BCUT2D eigenvalue weighted by Crippen LogP contribution is 2.29. The molecular weight excluding hydrogens is 423 g/mol. The smallest absolute Gasteiger partial charge is 0.463 e. The summed E-state index contributed by atoms with van der Waals surface area (Å²) in [5, 5.41) is 1.52. The summed E-state index contributed by atoms with van der Waals surface area (Å²) in [6.07, 6.45) is -12.0. The van der Waals surface area contributed by atoms with Crippen LogP contribution in [0.4, 0.5) is 13.2 Å². The van der Waals surface area contributed by atoms with Crippen LogP contribution in [0.1, 0.15) is 27.7 Å². The van der Waals surface area contributed by atoms with Gasteiger partial charge in [-0.2, -0.15) is 13.2 Å². The topological polar surface area (TPSA) is 144 Å². The zero-order chi connectivity index (χ0) is 23.2. The number of nitrogens with one attached hydrogen (secondary N) is 1. The summed E-state index contributed by atoms with van der Waals surface area (Å²) in [6, 6.07) is -1.91. The molecule has 0 aromatic rings. The van der Waals surface area contributed by atoms with Crippen LogP contribution >= 0.6 is 0 Å². The fourth-order valence-corrected chi connectivity index (χ4v) is 2.55. The molecule has 1 N–H and O–H groups in total. The summed E-state index contributed by atoms with van der Waals surface area (Å²) in [6.45, 7) is 3.22. The summed E-state index contributed by atoms with van der Waals surface area (Å²) >= 11 is 0. The van der Waals surface area contributed by atoms with Gasteiger partial charge in [0.25, 0.3) is 0 Å². The number of esters is 4. The fourth-order valence-electron chi connectivity index (χ4n) is 2.55. The van der Waals surface area contributed by atoms with Crippen LogP contribution in [0.2, 0.25) is 0 Å². The lowest BCUT2D eigenvalue weighted by atomic mass is 9.96. The summed E-state index contributed by atoms with van der Waals surface area (Å²) < 4.78 is 63.2. The number of carbonyl (C=O) groups is 5. The van der Waals surface area contributed by atoms with E-state index in [4.69, 9.17) is 23.7 Å². The number of amides is 1. The lowest BCUT2D eigenvalue weighted by Crippen LogP contribution is -2.67. The van der Waals surface area contributed by atoms with Crippen LogP contribution < -0.4 is 5.32 Å². The summed E-state index contributed by atoms with van der Waals surface area (Å²) in [4.78, 5) is 57.0. The van der Waals surface area contributed by atoms with Crippen LogP contribution in [0, 0.1) is 0 Å². The Hall–Kier alpha value is -2.90. The summed E-state index contributed by atoms with van der Waals surface area (Å²) in [5.74, 6) is -6.20. The van der Waals surface area contributed by atoms with E-state index >= 15 is 0 Å². The Kier molecular flexibility index (Phi) is 8.57. The quantitative estimate of drug-likeness (QED) is 0.431. The number of carbonyl (C=O) groups excluding carboxylic acids is 5. The molecule has 1 aliphatic rings. The van der Waals surface area contributed by atoms with Gasteiger partial charge in [0.1, 0.15) is 18.8 Å². The maximum atomic E-state index is 12.8. The average molecular weight is 443 g/mol. The van der Waals surface area contributed by atoms with Crippen molar-refractivity contribution in [2.75, 3.05) is 6.61 Å². The molecule has 1 saturated heterocycles. The van der Waals surface area contributed by atoms with Crippen LogP contribution in [0.15, 0.2) is 0 Å². The van der Waals surface area contributed by atoms with Crippen LogP contribution in [0.3, 0.4) is 0 Å². The molecule has 1 rings (SSSR count). The molecule has 30 heavy (non-hydrogen) atoms. The molecule has 0 radical (unpaired) electrons. The third kappa shape index (κ3) is 7.50. The highest BCUT2D eigenvalue weighted by molar-refractivity contribution is 5.82. The molecule has 1 fully saturated rings. The molecule has 2 unspecified atom stereocenters. The van der Waals surface area contributed by atoms with Gasteiger partial charge in [-0.1, -0.05) is 0 Å². The molecule has 0 aromatic heterocycles. The Balaban J connectivity index is 3.39. The first-order valence-corrected chi connectivity index (χ1v) is 8.40. The number of rotatable bonds is 6. The first-order chi connectivity index (χ1) is 13.7. The van der Waals surface area contributed by atoms with E-state index in [-0.39, 0.29) is 0 Å². The van der Waals surface area contributed by atoms with Crippen molar-refractivity contribution in [1.82, 2.24) is 5.32 Å². The minimum atomic E-state index is -5.34. The fraction of sp³-hybridized carbons (Fsp3) is 0.688. The van der Waals surface area contributed by atoms with Crippen LogP contribution in [-0.2, 0) is 47.7 Å². The average Bonchev–Trinajstić information content (AvgIpc) is 2.56. The summed E-state index contributed by atoms with van der Waals surface area (Å²) in [5.41, 5.74) is 0. The van der Waals surface area contributed by atoms with Crippen molar-refractivity contribution >= 4 is 29.8 Å². The Morgan fingerprint density at radius 3 is 1.77 bits per heavy atom. The maximum Gasteiger partial charge on any atom is 0.471 e. The minimum absolute atomic E-state index is 0.594. The van der Waals surface area contributed by atoms with Gasteiger partial charge in [-0.15, -0.1) is 0 Å². The minimum Gasteiger partial charge on any atom is -0.463 e. The van der Waals surface area contributed by atoms with Gasteiger partial charge in [-0.25, -0.2) is 0 Å². The standard InChI is InChI=1S/C16H20F3NO10/c1-6(21)26-5-10-12(27-7(2)22)13(28-8(3)23)11(14(30-10)29-9(4)24)20-15(25)16(17,18)19/h10-14H,5H2,1-4H3,(H,20,25)/t10?,11-,12-,13?,14+/m0/s1. The van der Waals surface area contributed by atoms with Crippen molar-refractivity contribution in [3.8, 4) is 0 Å². The predicted octanol–water partition coefficient (Wildman–Crippen LogP) is -0.252. The van der Waals surface area contributed by atoms with Crippen LogP contribution in [0.5, 0.6) is 0 Å². The third-order valence-electron chi connectivity index (χ3n) is 3.54. The zero-order valence-electron chi connectivity index (χ0n) is 16.3. The van der Waals surface area contributed by atoms with Gasteiger partial charge in [0, 0.05) is 27.7 Å². The Labute approximate surface area is 168 Å². The number of halogens is 3. The molecule has 1 aliphatic heterocycles. The van der Waals surface area contributed by atoms with E-state index in [1.165, 1.54) is 5.32 Å². The molecule has 170 valence electrons. The highest BCUT2D eigenvalue weighted by atomic mass is 19.4. The van der Waals surface area contributed by atoms with Gasteiger partial charge >= 0.3 is 36.0 Å². The van der Waals surface area contributed by atoms with E-state index in [9.17, 15) is 37.1 Å². The molecule has 0 saturated carbocycles. The first kappa shape index (κ1) is 25.1. The zero-order valence-corrected chi connectivity index (χ0v) is 16.3. The third-order valence-corrected chi connectivity index (χ3v) is 3.54. The van der Waals surface area contributed by atoms with E-state index in [0.717, 1.165) is 27.7 Å². The normalized spacial score (nSPS) is 26.2. The van der Waals surface area contributed by atoms with Gasteiger partial charge in [-0.3, -0.25) is 24.0 Å². The molecule has 0 aliphatic carbocycles. The second-order valence-electron chi connectivity index (χ2n) is 6.10. The monoisotopic (exact) mass is 443 g/mol. The molecule has 0 spiro atoms. The van der Waals surface area contributed by atoms with Crippen molar-refractivity contribution in [1.29, 1.82) is 0 Å². The van der Waals surface area contributed by atoms with Gasteiger partial charge in [0.2, 0.25) is 6.29 Å². The number of hydrogen-bond donors (Lipinski definition) is 1. The second-order valence-corrected chi connectivity index (χ2v) is 6.10. The second kappa shape index (κ2) is 10.2. The Morgan fingerprint density at radius 1 is 0.833 bits per heavy atom. The molecule has 1 amide bonds. The van der Waals surface area contributed by atoms with Crippen molar-refractivity contribution in [3.05, 3.63) is 0 Å². The number of alkyl halides is 3. The number of ether oxygens (including phenoxy) is 5. The first-order valence-electron chi connectivity index (χ1n) is 8.40. The van der Waals surface area contributed by atoms with Crippen molar-refractivity contribution < 1.29 is 60.8 Å². The van der Waals surface area contributed by atoms with E-state index in [1.54, 1.807) is 0 Å². The van der Waals surface area contributed by atoms with E-state index in [2.05, 4.69) is 0 Å². The van der Waals surface area contributed by atoms with Crippen molar-refractivity contribution in [3.63, 3.8) is 0 Å². The Morgan fingerprint density at radius 2 is 1.33 bits per heavy atom. The molecule has 5 atom stereocenters. The van der Waals surface area contributed by atoms with Crippen LogP contribution in [-0.4, -0.2) is 73.2 Å². The lowest BCUT2D eigenvalue weighted by molar-refractivity contribution is -0.272. The van der Waals surface area contributed by atoms with E-state index < -0.39 is 73.2 Å². The molecule has 0 aromatic carbocycles. The van der Waals surface area contributed by atoms with Gasteiger partial charge < -0.3 is 29.0 Å². The molecule has 0 bridgehead atoms. The van der Waals surface area contributed by atoms with Crippen molar-refractivity contribution in [2.45, 2.75) is 64.5 Å².